The van der Waals surface area contributed by atoms with Crippen LogP contribution < -0.4 is 0 Å². The number of hydrogen-bond donors (Lipinski definition) is 0. The molecule has 0 radical (unpaired) electrons. The molecule has 0 N–H and O–H groups in total. The van der Waals surface area contributed by atoms with Crippen LogP contribution in [0.15, 0.2) is 59.6 Å². The van der Waals surface area contributed by atoms with E-state index in [1.807, 2.05) is 19.0 Å². The number of aromatic nitrogens is 1. The molecule has 6 heteroatoms. The molecule has 2 aromatic carbocycles. The van der Waals surface area contributed by atoms with Crippen molar-refractivity contribution in [1.29, 1.82) is 5.26 Å². The fourth-order valence-electron chi connectivity index (χ4n) is 2.78. The molecule has 0 spiro atoms. The maximum absolute atomic E-state index is 13.0. The van der Waals surface area contributed by atoms with Crippen molar-refractivity contribution < 1.29 is 8.42 Å². The second kappa shape index (κ2) is 6.71. The first kappa shape index (κ1) is 17.2. The van der Waals surface area contributed by atoms with Crippen molar-refractivity contribution in [2.45, 2.75) is 11.3 Å². The first-order valence-electron chi connectivity index (χ1n) is 7.93. The summed E-state index contributed by atoms with van der Waals surface area (Å²) in [6.45, 7) is 0.793. The van der Waals surface area contributed by atoms with Gasteiger partial charge in [0.05, 0.1) is 22.0 Å². The predicted octanol–water partition coefficient (Wildman–Crippen LogP) is 2.85. The molecule has 1 heterocycles. The van der Waals surface area contributed by atoms with Crippen molar-refractivity contribution in [1.82, 2.24) is 8.87 Å². The van der Waals surface area contributed by atoms with Crippen LogP contribution in [-0.2, 0) is 16.4 Å². The van der Waals surface area contributed by atoms with Gasteiger partial charge in [0.15, 0.2) is 0 Å². The minimum atomic E-state index is -3.68. The number of likely N-dealkylation sites (N-methyl/N-ethyl adjacent to an activating group) is 1. The SMILES string of the molecule is CN(C)CCc1cn(S(=O)(=O)c2ccccc2)c2ccc(C#N)cc12. The Labute approximate surface area is 147 Å². The third-order valence-corrected chi connectivity index (χ3v) is 5.80. The Bertz CT molecular complexity index is 1050. The van der Waals surface area contributed by atoms with Gasteiger partial charge in [-0.15, -0.1) is 0 Å². The summed E-state index contributed by atoms with van der Waals surface area (Å²) < 4.78 is 27.4. The van der Waals surface area contributed by atoms with Crippen molar-refractivity contribution in [3.8, 4) is 6.07 Å². The van der Waals surface area contributed by atoms with Gasteiger partial charge >= 0.3 is 0 Å². The number of nitriles is 1. The van der Waals surface area contributed by atoms with Crippen LogP contribution in [-0.4, -0.2) is 37.9 Å². The number of hydrogen-bond acceptors (Lipinski definition) is 4. The molecule has 0 saturated heterocycles. The average Bonchev–Trinajstić information content (AvgIpc) is 2.99. The van der Waals surface area contributed by atoms with Crippen molar-refractivity contribution in [2.24, 2.45) is 0 Å². The van der Waals surface area contributed by atoms with E-state index in [1.54, 1.807) is 54.7 Å². The fourth-order valence-corrected chi connectivity index (χ4v) is 4.20. The van der Waals surface area contributed by atoms with Gasteiger partial charge in [-0.25, -0.2) is 12.4 Å². The number of benzene rings is 2. The van der Waals surface area contributed by atoms with E-state index in [-0.39, 0.29) is 4.90 Å². The first-order valence-corrected chi connectivity index (χ1v) is 9.37. The van der Waals surface area contributed by atoms with Crippen LogP contribution in [0, 0.1) is 11.3 Å². The van der Waals surface area contributed by atoms with Crippen LogP contribution in [0.3, 0.4) is 0 Å². The zero-order valence-corrected chi connectivity index (χ0v) is 15.0. The lowest BCUT2D eigenvalue weighted by molar-refractivity contribution is 0.414. The molecule has 0 aliphatic heterocycles. The van der Waals surface area contributed by atoms with Crippen molar-refractivity contribution in [2.75, 3.05) is 20.6 Å². The standard InChI is InChI=1S/C19H19N3O2S/c1-21(2)11-10-16-14-22(19-9-8-15(13-20)12-18(16)19)25(23,24)17-6-4-3-5-7-17/h3-9,12,14H,10-11H2,1-2H3. The van der Waals surface area contributed by atoms with Crippen LogP contribution in [0.2, 0.25) is 0 Å². The Hall–Kier alpha value is -2.62. The van der Waals surface area contributed by atoms with Gasteiger partial charge in [-0.05, 0) is 56.4 Å². The normalized spacial score (nSPS) is 11.8. The summed E-state index contributed by atoms with van der Waals surface area (Å²) in [4.78, 5) is 2.29. The lowest BCUT2D eigenvalue weighted by Crippen LogP contribution is -2.15. The van der Waals surface area contributed by atoms with Gasteiger partial charge in [-0.3, -0.25) is 0 Å². The van der Waals surface area contributed by atoms with Gasteiger partial charge < -0.3 is 4.90 Å². The summed E-state index contributed by atoms with van der Waals surface area (Å²) in [7, 11) is 0.263. The van der Waals surface area contributed by atoms with E-state index in [0.717, 1.165) is 17.5 Å². The molecule has 0 aliphatic rings. The Morgan fingerprint density at radius 2 is 1.84 bits per heavy atom. The number of fused-ring (bicyclic) bond motifs is 1. The molecule has 25 heavy (non-hydrogen) atoms. The van der Waals surface area contributed by atoms with E-state index in [1.165, 1.54) is 3.97 Å². The molecular weight excluding hydrogens is 334 g/mol. The minimum absolute atomic E-state index is 0.246. The Morgan fingerprint density at radius 3 is 2.48 bits per heavy atom. The first-order chi connectivity index (χ1) is 11.9. The van der Waals surface area contributed by atoms with Crippen LogP contribution >= 0.6 is 0 Å². The number of rotatable bonds is 5. The molecule has 0 saturated carbocycles. The molecule has 0 aliphatic carbocycles. The second-order valence-corrected chi connectivity index (χ2v) is 7.98. The molecule has 1 aromatic heterocycles. The van der Waals surface area contributed by atoms with E-state index in [0.29, 0.717) is 17.5 Å². The van der Waals surface area contributed by atoms with Crippen LogP contribution in [0.5, 0.6) is 0 Å². The fraction of sp³-hybridized carbons (Fsp3) is 0.211. The van der Waals surface area contributed by atoms with Crippen LogP contribution in [0.4, 0.5) is 0 Å². The lowest BCUT2D eigenvalue weighted by atomic mass is 10.1. The van der Waals surface area contributed by atoms with E-state index in [4.69, 9.17) is 5.26 Å². The highest BCUT2D eigenvalue weighted by atomic mass is 32.2. The van der Waals surface area contributed by atoms with Gasteiger partial charge in [0.1, 0.15) is 0 Å². The topological polar surface area (TPSA) is 66.1 Å². The third-order valence-electron chi connectivity index (χ3n) is 4.11. The quantitative estimate of drug-likeness (QED) is 0.707. The molecule has 0 unspecified atom stereocenters. The van der Waals surface area contributed by atoms with E-state index >= 15 is 0 Å². The third kappa shape index (κ3) is 3.29. The number of nitrogens with zero attached hydrogens (tertiary/aromatic N) is 3. The summed E-state index contributed by atoms with van der Waals surface area (Å²) in [5.74, 6) is 0. The predicted molar refractivity (Wildman–Crippen MR) is 97.9 cm³/mol. The Balaban J connectivity index is 2.21. The molecule has 0 amide bonds. The largest absolute Gasteiger partial charge is 0.309 e. The van der Waals surface area contributed by atoms with Crippen molar-refractivity contribution >= 4 is 20.9 Å². The maximum atomic E-state index is 13.0. The molecule has 0 fully saturated rings. The molecular formula is C19H19N3O2S. The molecule has 0 bridgehead atoms. The zero-order valence-electron chi connectivity index (χ0n) is 14.2. The van der Waals surface area contributed by atoms with Crippen molar-refractivity contribution in [3.63, 3.8) is 0 Å². The Morgan fingerprint density at radius 1 is 1.12 bits per heavy atom. The van der Waals surface area contributed by atoms with E-state index in [9.17, 15) is 8.42 Å². The molecule has 128 valence electrons. The summed E-state index contributed by atoms with van der Waals surface area (Å²) in [6.07, 6.45) is 2.38. The highest BCUT2D eigenvalue weighted by Gasteiger charge is 2.21. The summed E-state index contributed by atoms with van der Waals surface area (Å²) in [6, 6.07) is 15.6. The minimum Gasteiger partial charge on any atom is -0.309 e. The van der Waals surface area contributed by atoms with Crippen LogP contribution in [0.25, 0.3) is 10.9 Å². The van der Waals surface area contributed by atoms with Crippen molar-refractivity contribution in [3.05, 3.63) is 65.9 Å². The van der Waals surface area contributed by atoms with Gasteiger partial charge in [0, 0.05) is 18.1 Å². The highest BCUT2D eigenvalue weighted by molar-refractivity contribution is 7.90. The summed E-state index contributed by atoms with van der Waals surface area (Å²) in [5, 5.41) is 9.97. The highest BCUT2D eigenvalue weighted by Crippen LogP contribution is 2.27. The smallest absolute Gasteiger partial charge is 0.268 e. The maximum Gasteiger partial charge on any atom is 0.268 e. The molecule has 0 atom stereocenters. The van der Waals surface area contributed by atoms with Gasteiger partial charge in [-0.2, -0.15) is 5.26 Å². The van der Waals surface area contributed by atoms with Gasteiger partial charge in [0.25, 0.3) is 10.0 Å². The van der Waals surface area contributed by atoms with Gasteiger partial charge in [-0.1, -0.05) is 18.2 Å². The lowest BCUT2D eigenvalue weighted by Gasteiger charge is -2.08. The van der Waals surface area contributed by atoms with Crippen LogP contribution in [0.1, 0.15) is 11.1 Å². The van der Waals surface area contributed by atoms with E-state index < -0.39 is 10.0 Å². The average molecular weight is 353 g/mol. The summed E-state index contributed by atoms with van der Waals surface area (Å²) >= 11 is 0. The Kier molecular flexibility index (Phi) is 4.62. The second-order valence-electron chi connectivity index (χ2n) is 6.17. The monoisotopic (exact) mass is 353 g/mol. The molecule has 3 rings (SSSR count). The molecule has 5 nitrogen and oxygen atoms in total. The van der Waals surface area contributed by atoms with E-state index in [2.05, 4.69) is 6.07 Å². The zero-order chi connectivity index (χ0) is 18.0. The molecule has 3 aromatic rings. The van der Waals surface area contributed by atoms with Gasteiger partial charge in [0.2, 0.25) is 0 Å². The summed E-state index contributed by atoms with van der Waals surface area (Å²) in [5.41, 5.74) is 2.03.